The molecule has 1 amide bonds. The van der Waals surface area contributed by atoms with E-state index in [2.05, 4.69) is 15.3 Å². The summed E-state index contributed by atoms with van der Waals surface area (Å²) in [6.45, 7) is 1.54. The number of carbonyl (C=O) groups is 1. The van der Waals surface area contributed by atoms with Crippen molar-refractivity contribution < 1.29 is 30.8 Å². The number of rotatable bonds is 7. The minimum Gasteiger partial charge on any atom is -0.431 e. The molecule has 0 aliphatic heterocycles. The van der Waals surface area contributed by atoms with Gasteiger partial charge < -0.3 is 9.73 Å². The van der Waals surface area contributed by atoms with E-state index in [-0.39, 0.29) is 23.9 Å². The highest BCUT2D eigenvalue weighted by Gasteiger charge is 2.31. The molecule has 32 heavy (non-hydrogen) atoms. The van der Waals surface area contributed by atoms with E-state index in [9.17, 15) is 26.4 Å². The lowest BCUT2D eigenvalue weighted by Crippen LogP contribution is -2.41. The lowest BCUT2D eigenvalue weighted by molar-refractivity contribution is -0.137. The van der Waals surface area contributed by atoms with Gasteiger partial charge in [0.1, 0.15) is 6.26 Å². The van der Waals surface area contributed by atoms with Crippen molar-refractivity contribution >= 4 is 27.8 Å². The summed E-state index contributed by atoms with van der Waals surface area (Å²) < 4.78 is 71.4. The van der Waals surface area contributed by atoms with Crippen LogP contribution in [0.15, 0.2) is 53.4 Å². The van der Waals surface area contributed by atoms with Gasteiger partial charge in [-0.1, -0.05) is 12.1 Å². The first-order valence-electron chi connectivity index (χ1n) is 9.03. The number of halogens is 3. The SMILES string of the molecule is Cc1ccc(C(F)(F)F)cc1Nc1nc(C(=O)NS(=O)(=O)N(C)Cc2cccnc2)co1. The topological polar surface area (TPSA) is 117 Å². The Balaban J connectivity index is 1.69. The summed E-state index contributed by atoms with van der Waals surface area (Å²) in [5, 5.41) is 2.55. The van der Waals surface area contributed by atoms with Crippen molar-refractivity contribution in [2.75, 3.05) is 12.4 Å². The number of alkyl halides is 3. The van der Waals surface area contributed by atoms with Gasteiger partial charge in [0.25, 0.3) is 11.9 Å². The van der Waals surface area contributed by atoms with Gasteiger partial charge >= 0.3 is 16.4 Å². The van der Waals surface area contributed by atoms with E-state index in [1.54, 1.807) is 19.1 Å². The summed E-state index contributed by atoms with van der Waals surface area (Å²) in [6.07, 6.45) is -0.630. The van der Waals surface area contributed by atoms with E-state index in [1.807, 2.05) is 4.72 Å². The molecule has 2 aromatic heterocycles. The zero-order valence-corrected chi connectivity index (χ0v) is 17.7. The quantitative estimate of drug-likeness (QED) is 0.545. The fraction of sp³-hybridized carbons (Fsp3) is 0.211. The molecule has 2 N–H and O–H groups in total. The Morgan fingerprint density at radius 2 is 2.00 bits per heavy atom. The maximum atomic E-state index is 12.9. The van der Waals surface area contributed by atoms with Crippen LogP contribution in [0.25, 0.3) is 0 Å². The van der Waals surface area contributed by atoms with Gasteiger partial charge in [0.15, 0.2) is 5.69 Å². The van der Waals surface area contributed by atoms with Gasteiger partial charge in [0.05, 0.1) is 5.56 Å². The van der Waals surface area contributed by atoms with E-state index < -0.39 is 27.9 Å². The molecule has 2 heterocycles. The van der Waals surface area contributed by atoms with Gasteiger partial charge in [-0.15, -0.1) is 0 Å². The summed E-state index contributed by atoms with van der Waals surface area (Å²) in [5.74, 6) is -1.07. The first-order valence-corrected chi connectivity index (χ1v) is 10.5. The number of hydrogen-bond acceptors (Lipinski definition) is 7. The fourth-order valence-electron chi connectivity index (χ4n) is 2.56. The van der Waals surface area contributed by atoms with Crippen LogP contribution in [0, 0.1) is 6.92 Å². The molecular formula is C19H18F3N5O4S. The second kappa shape index (κ2) is 8.96. The number of nitrogens with zero attached hydrogens (tertiary/aromatic N) is 3. The van der Waals surface area contributed by atoms with Gasteiger partial charge in [-0.05, 0) is 36.2 Å². The average Bonchev–Trinajstić information content (AvgIpc) is 3.18. The van der Waals surface area contributed by atoms with Crippen molar-refractivity contribution in [1.82, 2.24) is 19.0 Å². The van der Waals surface area contributed by atoms with E-state index in [4.69, 9.17) is 4.42 Å². The molecule has 9 nitrogen and oxygen atoms in total. The Bertz CT molecular complexity index is 1210. The molecule has 0 fully saturated rings. The molecule has 13 heteroatoms. The Labute approximate surface area is 181 Å². The van der Waals surface area contributed by atoms with Crippen LogP contribution in [-0.2, 0) is 22.9 Å². The summed E-state index contributed by atoms with van der Waals surface area (Å²) in [6, 6.07) is 6.11. The van der Waals surface area contributed by atoms with Gasteiger partial charge in [-0.3, -0.25) is 9.78 Å². The molecule has 0 bridgehead atoms. The molecule has 0 spiro atoms. The molecule has 0 aliphatic rings. The molecule has 0 radical (unpaired) electrons. The van der Waals surface area contributed by atoms with Crippen molar-refractivity contribution in [1.29, 1.82) is 0 Å². The van der Waals surface area contributed by atoms with Gasteiger partial charge in [0.2, 0.25) is 0 Å². The molecule has 0 unspecified atom stereocenters. The third kappa shape index (κ3) is 5.62. The normalized spacial score (nSPS) is 12.1. The number of anilines is 2. The van der Waals surface area contributed by atoms with E-state index in [1.165, 1.54) is 25.5 Å². The highest BCUT2D eigenvalue weighted by molar-refractivity contribution is 7.87. The largest absolute Gasteiger partial charge is 0.431 e. The van der Waals surface area contributed by atoms with Crippen LogP contribution in [0.2, 0.25) is 0 Å². The third-order valence-electron chi connectivity index (χ3n) is 4.30. The number of aromatic nitrogens is 2. The standard InChI is InChI=1S/C19H18F3N5O4S/c1-12-5-6-14(19(20,21)22)8-15(12)24-18-25-16(11-31-18)17(28)26-32(29,30)27(2)10-13-4-3-7-23-9-13/h3-9,11H,10H2,1-2H3,(H,24,25)(H,26,28). The number of amides is 1. The average molecular weight is 469 g/mol. The van der Waals surface area contributed by atoms with Crippen molar-refractivity contribution in [2.45, 2.75) is 19.6 Å². The first kappa shape index (κ1) is 23.2. The van der Waals surface area contributed by atoms with Crippen molar-refractivity contribution in [3.63, 3.8) is 0 Å². The predicted octanol–water partition coefficient (Wildman–Crippen LogP) is 3.25. The first-order chi connectivity index (χ1) is 15.0. The van der Waals surface area contributed by atoms with E-state index in [0.29, 0.717) is 11.1 Å². The summed E-state index contributed by atoms with van der Waals surface area (Å²) in [4.78, 5) is 20.0. The molecule has 1 aromatic carbocycles. The molecule has 3 rings (SSSR count). The predicted molar refractivity (Wildman–Crippen MR) is 108 cm³/mol. The van der Waals surface area contributed by atoms with Crippen molar-refractivity contribution in [2.24, 2.45) is 0 Å². The van der Waals surface area contributed by atoms with E-state index >= 15 is 0 Å². The van der Waals surface area contributed by atoms with Crippen LogP contribution in [0.1, 0.15) is 27.2 Å². The molecule has 170 valence electrons. The summed E-state index contributed by atoms with van der Waals surface area (Å²) in [5.41, 5.74) is -0.107. The maximum absolute atomic E-state index is 12.9. The number of hydrogen-bond donors (Lipinski definition) is 2. The summed E-state index contributed by atoms with van der Waals surface area (Å²) >= 11 is 0. The van der Waals surface area contributed by atoms with Crippen molar-refractivity contribution in [3.8, 4) is 0 Å². The number of benzene rings is 1. The van der Waals surface area contributed by atoms with Gasteiger partial charge in [0, 0.05) is 31.7 Å². The number of pyridine rings is 1. The number of oxazole rings is 1. The lowest BCUT2D eigenvalue weighted by Gasteiger charge is -2.16. The molecular weight excluding hydrogens is 451 g/mol. The highest BCUT2D eigenvalue weighted by Crippen LogP contribution is 2.32. The van der Waals surface area contributed by atoms with E-state index in [0.717, 1.165) is 22.7 Å². The number of aryl methyl sites for hydroxylation is 1. The second-order valence-electron chi connectivity index (χ2n) is 6.74. The highest BCUT2D eigenvalue weighted by atomic mass is 32.2. The Hall–Kier alpha value is -3.45. The minimum absolute atomic E-state index is 0.0309. The zero-order valence-electron chi connectivity index (χ0n) is 16.8. The monoisotopic (exact) mass is 469 g/mol. The van der Waals surface area contributed by atoms with Crippen LogP contribution in [0.4, 0.5) is 24.9 Å². The van der Waals surface area contributed by atoms with Crippen LogP contribution in [-0.4, -0.2) is 35.6 Å². The molecule has 0 saturated carbocycles. The Kier molecular flexibility index (Phi) is 6.50. The molecule has 0 aliphatic carbocycles. The lowest BCUT2D eigenvalue weighted by atomic mass is 10.1. The van der Waals surface area contributed by atoms with Crippen LogP contribution in [0.3, 0.4) is 0 Å². The Morgan fingerprint density at radius 1 is 1.25 bits per heavy atom. The number of carbonyl (C=O) groups excluding carboxylic acids is 1. The maximum Gasteiger partial charge on any atom is 0.416 e. The second-order valence-corrected chi connectivity index (χ2v) is 8.52. The Morgan fingerprint density at radius 3 is 2.66 bits per heavy atom. The molecule has 3 aromatic rings. The zero-order chi connectivity index (χ0) is 23.5. The van der Waals surface area contributed by atoms with Crippen LogP contribution in [0.5, 0.6) is 0 Å². The van der Waals surface area contributed by atoms with Gasteiger partial charge in [-0.2, -0.15) is 30.9 Å². The minimum atomic E-state index is -4.54. The molecule has 0 saturated heterocycles. The fourth-order valence-corrected chi connectivity index (χ4v) is 3.38. The smallest absolute Gasteiger partial charge is 0.416 e. The molecule has 0 atom stereocenters. The van der Waals surface area contributed by atoms with Crippen LogP contribution < -0.4 is 10.0 Å². The third-order valence-corrected chi connectivity index (χ3v) is 5.70. The number of nitrogens with one attached hydrogen (secondary N) is 2. The summed E-state index contributed by atoms with van der Waals surface area (Å²) in [7, 11) is -2.93. The van der Waals surface area contributed by atoms with Gasteiger partial charge in [-0.25, -0.2) is 4.72 Å². The van der Waals surface area contributed by atoms with Crippen LogP contribution >= 0.6 is 0 Å². The van der Waals surface area contributed by atoms with Crippen molar-refractivity contribution in [3.05, 3.63) is 71.4 Å².